The van der Waals surface area contributed by atoms with Crippen molar-refractivity contribution in [2.45, 2.75) is 65.2 Å². The van der Waals surface area contributed by atoms with Crippen molar-refractivity contribution >= 4 is 28.4 Å². The second kappa shape index (κ2) is 7.57. The topological polar surface area (TPSA) is 37.8 Å². The third-order valence-corrected chi connectivity index (χ3v) is 5.28. The van der Waals surface area contributed by atoms with Crippen molar-refractivity contribution in [3.63, 3.8) is 0 Å². The van der Waals surface area contributed by atoms with Crippen molar-refractivity contribution in [2.24, 2.45) is 5.92 Å². The molecule has 0 amide bonds. The molecule has 0 unspecified atom stereocenters. The number of anilines is 1. The van der Waals surface area contributed by atoms with Crippen LogP contribution in [0.5, 0.6) is 0 Å². The van der Waals surface area contributed by atoms with Gasteiger partial charge in [-0.25, -0.2) is 9.97 Å². The SMILES string of the molecule is CCCc1nc(C2CCC(C)CC2)nc(NCC)c1I. The minimum absolute atomic E-state index is 0.566. The molecule has 0 aliphatic heterocycles. The molecule has 1 N–H and O–H groups in total. The first-order chi connectivity index (χ1) is 9.65. The normalized spacial score (nSPS) is 22.8. The summed E-state index contributed by atoms with van der Waals surface area (Å²) in [6, 6.07) is 0. The quantitative estimate of drug-likeness (QED) is 0.741. The molecule has 1 fully saturated rings. The highest BCUT2D eigenvalue weighted by atomic mass is 127. The first-order valence-corrected chi connectivity index (χ1v) is 9.03. The number of halogens is 1. The zero-order valence-electron chi connectivity index (χ0n) is 12.9. The van der Waals surface area contributed by atoms with Gasteiger partial charge >= 0.3 is 0 Å². The molecule has 1 aromatic rings. The van der Waals surface area contributed by atoms with E-state index in [2.05, 4.69) is 48.7 Å². The molecule has 0 saturated heterocycles. The van der Waals surface area contributed by atoms with Gasteiger partial charge in [0.25, 0.3) is 0 Å². The lowest BCUT2D eigenvalue weighted by atomic mass is 9.82. The maximum absolute atomic E-state index is 4.90. The molecule has 4 heteroatoms. The minimum atomic E-state index is 0.566. The van der Waals surface area contributed by atoms with Crippen molar-refractivity contribution in [1.29, 1.82) is 0 Å². The van der Waals surface area contributed by atoms with Crippen LogP contribution in [0.4, 0.5) is 5.82 Å². The van der Waals surface area contributed by atoms with Crippen LogP contribution in [0.3, 0.4) is 0 Å². The fourth-order valence-corrected chi connectivity index (χ4v) is 3.60. The first kappa shape index (κ1) is 16.0. The number of aromatic nitrogens is 2. The molecule has 20 heavy (non-hydrogen) atoms. The third kappa shape index (κ3) is 3.83. The van der Waals surface area contributed by atoms with Gasteiger partial charge in [-0.2, -0.15) is 0 Å². The summed E-state index contributed by atoms with van der Waals surface area (Å²) in [7, 11) is 0. The molecule has 1 aromatic heterocycles. The van der Waals surface area contributed by atoms with Crippen LogP contribution in [0, 0.1) is 9.49 Å². The summed E-state index contributed by atoms with van der Waals surface area (Å²) < 4.78 is 1.21. The van der Waals surface area contributed by atoms with Crippen molar-refractivity contribution < 1.29 is 0 Å². The molecular formula is C16H26IN3. The highest BCUT2D eigenvalue weighted by Gasteiger charge is 2.23. The van der Waals surface area contributed by atoms with E-state index in [-0.39, 0.29) is 0 Å². The summed E-state index contributed by atoms with van der Waals surface area (Å²) in [4.78, 5) is 9.72. The van der Waals surface area contributed by atoms with Gasteiger partial charge in [0.15, 0.2) is 0 Å². The van der Waals surface area contributed by atoms with E-state index in [4.69, 9.17) is 9.97 Å². The molecule has 2 rings (SSSR count). The zero-order chi connectivity index (χ0) is 14.5. The van der Waals surface area contributed by atoms with Gasteiger partial charge in [-0.1, -0.05) is 33.1 Å². The van der Waals surface area contributed by atoms with E-state index in [1.165, 1.54) is 34.9 Å². The molecule has 1 aliphatic rings. The largest absolute Gasteiger partial charge is 0.369 e. The van der Waals surface area contributed by atoms with Crippen molar-refractivity contribution in [1.82, 2.24) is 9.97 Å². The predicted octanol–water partition coefficient (Wildman–Crippen LogP) is 4.76. The average molecular weight is 387 g/mol. The van der Waals surface area contributed by atoms with E-state index in [1.54, 1.807) is 0 Å². The van der Waals surface area contributed by atoms with E-state index in [0.29, 0.717) is 5.92 Å². The fraction of sp³-hybridized carbons (Fsp3) is 0.750. The van der Waals surface area contributed by atoms with E-state index in [1.807, 2.05) is 0 Å². The monoisotopic (exact) mass is 387 g/mol. The maximum Gasteiger partial charge on any atom is 0.143 e. The van der Waals surface area contributed by atoms with Gasteiger partial charge in [0.1, 0.15) is 11.6 Å². The van der Waals surface area contributed by atoms with Crippen LogP contribution in [0.25, 0.3) is 0 Å². The van der Waals surface area contributed by atoms with E-state index < -0.39 is 0 Å². The van der Waals surface area contributed by atoms with Gasteiger partial charge in [0, 0.05) is 12.5 Å². The lowest BCUT2D eigenvalue weighted by molar-refractivity contribution is 0.339. The molecule has 0 atom stereocenters. The Bertz CT molecular complexity index is 412. The van der Waals surface area contributed by atoms with Gasteiger partial charge in [0.05, 0.1) is 9.26 Å². The van der Waals surface area contributed by atoms with E-state index in [0.717, 1.165) is 36.9 Å². The molecule has 0 spiro atoms. The Morgan fingerprint density at radius 2 is 1.85 bits per heavy atom. The third-order valence-electron chi connectivity index (χ3n) is 4.15. The highest BCUT2D eigenvalue weighted by molar-refractivity contribution is 14.1. The van der Waals surface area contributed by atoms with E-state index in [9.17, 15) is 0 Å². The first-order valence-electron chi connectivity index (χ1n) is 7.95. The van der Waals surface area contributed by atoms with Crippen molar-refractivity contribution in [2.75, 3.05) is 11.9 Å². The lowest BCUT2D eigenvalue weighted by Gasteiger charge is -2.26. The maximum atomic E-state index is 4.90. The Labute approximate surface area is 136 Å². The Morgan fingerprint density at radius 1 is 1.15 bits per heavy atom. The lowest BCUT2D eigenvalue weighted by Crippen LogP contribution is -2.16. The Kier molecular flexibility index (Phi) is 6.05. The summed E-state index contributed by atoms with van der Waals surface area (Å²) in [6.45, 7) is 7.62. The average Bonchev–Trinajstić information content (AvgIpc) is 2.44. The molecule has 0 bridgehead atoms. The second-order valence-corrected chi connectivity index (χ2v) is 7.01. The predicted molar refractivity (Wildman–Crippen MR) is 93.3 cm³/mol. The molecule has 112 valence electrons. The molecular weight excluding hydrogens is 361 g/mol. The summed E-state index contributed by atoms with van der Waals surface area (Å²) in [5, 5.41) is 3.40. The summed E-state index contributed by atoms with van der Waals surface area (Å²) >= 11 is 2.39. The van der Waals surface area contributed by atoms with Crippen LogP contribution < -0.4 is 5.32 Å². The molecule has 1 aliphatic carbocycles. The Balaban J connectivity index is 2.27. The van der Waals surface area contributed by atoms with Crippen molar-refractivity contribution in [3.05, 3.63) is 15.1 Å². The van der Waals surface area contributed by atoms with Crippen molar-refractivity contribution in [3.8, 4) is 0 Å². The summed E-state index contributed by atoms with van der Waals surface area (Å²) in [5.41, 5.74) is 1.23. The number of hydrogen-bond acceptors (Lipinski definition) is 3. The van der Waals surface area contributed by atoms with Gasteiger partial charge in [0.2, 0.25) is 0 Å². The van der Waals surface area contributed by atoms with Crippen LogP contribution in [0.2, 0.25) is 0 Å². The summed E-state index contributed by atoms with van der Waals surface area (Å²) in [6.07, 6.45) is 7.33. The van der Waals surface area contributed by atoms with Crippen LogP contribution in [0.1, 0.15) is 70.3 Å². The number of aryl methyl sites for hydroxylation is 1. The Morgan fingerprint density at radius 3 is 2.45 bits per heavy atom. The van der Waals surface area contributed by atoms with Crippen LogP contribution in [0.15, 0.2) is 0 Å². The van der Waals surface area contributed by atoms with Crippen LogP contribution in [-0.4, -0.2) is 16.5 Å². The van der Waals surface area contributed by atoms with Gasteiger partial charge in [-0.15, -0.1) is 0 Å². The fourth-order valence-electron chi connectivity index (χ4n) is 2.90. The highest BCUT2D eigenvalue weighted by Crippen LogP contribution is 2.35. The number of hydrogen-bond donors (Lipinski definition) is 1. The van der Waals surface area contributed by atoms with Gasteiger partial charge in [-0.05, 0) is 54.7 Å². The molecule has 1 saturated carbocycles. The van der Waals surface area contributed by atoms with Crippen LogP contribution >= 0.6 is 22.6 Å². The number of nitrogens with one attached hydrogen (secondary N) is 1. The van der Waals surface area contributed by atoms with Gasteiger partial charge < -0.3 is 5.32 Å². The molecule has 0 radical (unpaired) electrons. The number of nitrogens with zero attached hydrogens (tertiary/aromatic N) is 2. The Hall–Kier alpha value is -0.390. The molecule has 3 nitrogen and oxygen atoms in total. The zero-order valence-corrected chi connectivity index (χ0v) is 15.0. The van der Waals surface area contributed by atoms with Crippen LogP contribution in [-0.2, 0) is 6.42 Å². The smallest absolute Gasteiger partial charge is 0.143 e. The molecule has 0 aromatic carbocycles. The number of rotatable bonds is 5. The summed E-state index contributed by atoms with van der Waals surface area (Å²) in [5.74, 6) is 3.56. The van der Waals surface area contributed by atoms with Gasteiger partial charge in [-0.3, -0.25) is 0 Å². The second-order valence-electron chi connectivity index (χ2n) is 5.93. The minimum Gasteiger partial charge on any atom is -0.369 e. The molecule has 1 heterocycles. The van der Waals surface area contributed by atoms with E-state index >= 15 is 0 Å². The standard InChI is InChI=1S/C16H26IN3/c1-4-6-13-14(17)16(18-5-2)20-15(19-13)12-9-7-11(3)8-10-12/h11-12H,4-10H2,1-3H3,(H,18,19,20).